The van der Waals surface area contributed by atoms with Crippen molar-refractivity contribution in [2.24, 2.45) is 0 Å². The zero-order chi connectivity index (χ0) is 30.6. The highest BCUT2D eigenvalue weighted by molar-refractivity contribution is 7.90. The number of aromatic nitrogens is 2. The molecule has 10 heteroatoms. The Labute approximate surface area is 248 Å². The number of pyridine rings is 1. The monoisotopic (exact) mass is 597 g/mol. The van der Waals surface area contributed by atoms with Gasteiger partial charge < -0.3 is 18.6 Å². The Kier molecular flexibility index (Phi) is 9.91. The van der Waals surface area contributed by atoms with Gasteiger partial charge in [-0.3, -0.25) is 9.78 Å². The number of carbonyl (C=O) groups excluding carboxylic acids is 1. The molecule has 0 saturated heterocycles. The van der Waals surface area contributed by atoms with Crippen molar-refractivity contribution in [1.29, 1.82) is 0 Å². The highest BCUT2D eigenvalue weighted by atomic mass is 32.2. The van der Waals surface area contributed by atoms with E-state index in [1.807, 2.05) is 45.2 Å². The summed E-state index contributed by atoms with van der Waals surface area (Å²) < 4.78 is 58.1. The summed E-state index contributed by atoms with van der Waals surface area (Å²) in [6, 6.07) is 11.6. The highest BCUT2D eigenvalue weighted by Gasteiger charge is 2.27. The third kappa shape index (κ3) is 7.29. The molecule has 7 nitrogen and oxygen atoms in total. The van der Waals surface area contributed by atoms with E-state index in [-0.39, 0.29) is 43.7 Å². The normalized spacial score (nSPS) is 12.6. The maximum atomic E-state index is 15.9. The molecule has 0 aliphatic heterocycles. The molecule has 0 aliphatic rings. The van der Waals surface area contributed by atoms with Crippen LogP contribution in [0, 0.1) is 11.6 Å². The molecule has 1 atom stereocenters. The molecule has 0 aliphatic carbocycles. The van der Waals surface area contributed by atoms with Crippen molar-refractivity contribution in [2.45, 2.75) is 71.9 Å². The quantitative estimate of drug-likeness (QED) is 0.151. The van der Waals surface area contributed by atoms with Crippen LogP contribution < -0.4 is 9.46 Å². The number of halogens is 2. The van der Waals surface area contributed by atoms with E-state index in [4.69, 9.17) is 9.47 Å². The molecule has 0 radical (unpaired) electrons. The first-order chi connectivity index (χ1) is 19.9. The van der Waals surface area contributed by atoms with Crippen molar-refractivity contribution in [1.82, 2.24) is 14.3 Å². The number of carbonyl (C=O) groups is 1. The fourth-order valence-electron chi connectivity index (χ4n) is 4.58. The molecule has 4 aromatic rings. The van der Waals surface area contributed by atoms with Gasteiger partial charge in [-0.05, 0) is 83.0 Å². The minimum atomic E-state index is -1.39. The van der Waals surface area contributed by atoms with Gasteiger partial charge in [-0.15, -0.1) is 4.72 Å². The van der Waals surface area contributed by atoms with Crippen LogP contribution in [-0.2, 0) is 40.5 Å². The molecule has 2 aromatic heterocycles. The summed E-state index contributed by atoms with van der Waals surface area (Å²) in [5.41, 5.74) is 3.28. The van der Waals surface area contributed by atoms with E-state index in [0.717, 1.165) is 16.5 Å². The molecule has 0 amide bonds. The summed E-state index contributed by atoms with van der Waals surface area (Å²) in [6.07, 6.45) is 3.45. The van der Waals surface area contributed by atoms with Crippen molar-refractivity contribution in [2.75, 3.05) is 6.61 Å². The lowest BCUT2D eigenvalue weighted by Gasteiger charge is -2.23. The molecule has 0 spiro atoms. The van der Waals surface area contributed by atoms with E-state index < -0.39 is 33.7 Å². The molecule has 2 heterocycles. The average Bonchev–Trinajstić information content (AvgIpc) is 3.36. The fourth-order valence-corrected chi connectivity index (χ4v) is 5.28. The number of nitrogens with zero attached hydrogens (tertiary/aromatic N) is 2. The largest absolute Gasteiger partial charge is 0.598 e. The van der Waals surface area contributed by atoms with Gasteiger partial charge in [0.15, 0.2) is 5.82 Å². The zero-order valence-corrected chi connectivity index (χ0v) is 25.6. The maximum Gasteiger partial charge on any atom is 0.310 e. The number of nitrogens with one attached hydrogen (secondary N) is 1. The van der Waals surface area contributed by atoms with E-state index in [1.165, 1.54) is 24.4 Å². The summed E-state index contributed by atoms with van der Waals surface area (Å²) >= 11 is -1.39. The molecule has 42 heavy (non-hydrogen) atoms. The van der Waals surface area contributed by atoms with Crippen molar-refractivity contribution in [3.63, 3.8) is 0 Å². The lowest BCUT2D eigenvalue weighted by Crippen LogP contribution is -2.39. The number of ether oxygens (including phenoxy) is 2. The van der Waals surface area contributed by atoms with Crippen molar-refractivity contribution in [3.05, 3.63) is 83.3 Å². The summed E-state index contributed by atoms with van der Waals surface area (Å²) in [7, 11) is 0. The summed E-state index contributed by atoms with van der Waals surface area (Å²) in [6.45, 7) is 11.6. The Morgan fingerprint density at radius 3 is 2.57 bits per heavy atom. The molecule has 0 fully saturated rings. The van der Waals surface area contributed by atoms with Crippen molar-refractivity contribution < 1.29 is 27.6 Å². The Balaban J connectivity index is 1.71. The van der Waals surface area contributed by atoms with Crippen LogP contribution in [0.3, 0.4) is 0 Å². The van der Waals surface area contributed by atoms with Crippen LogP contribution in [-0.4, -0.2) is 31.4 Å². The van der Waals surface area contributed by atoms with Crippen LogP contribution in [0.1, 0.15) is 64.4 Å². The molecule has 224 valence electrons. The first-order valence-corrected chi connectivity index (χ1v) is 15.0. The van der Waals surface area contributed by atoms with Crippen LogP contribution in [0.5, 0.6) is 5.75 Å². The van der Waals surface area contributed by atoms with Crippen LogP contribution in [0.25, 0.3) is 22.0 Å². The number of hydrogen-bond donors (Lipinski definition) is 1. The van der Waals surface area contributed by atoms with E-state index in [9.17, 15) is 13.7 Å². The van der Waals surface area contributed by atoms with Gasteiger partial charge in [0, 0.05) is 57.9 Å². The minimum absolute atomic E-state index is 0.00528. The van der Waals surface area contributed by atoms with Gasteiger partial charge in [-0.1, -0.05) is 6.07 Å². The summed E-state index contributed by atoms with van der Waals surface area (Å²) in [5.74, 6) is -1.19. The molecular weight excluding hydrogens is 560 g/mol. The smallest absolute Gasteiger partial charge is 0.310 e. The van der Waals surface area contributed by atoms with E-state index >= 15 is 4.39 Å². The Morgan fingerprint density at radius 2 is 1.88 bits per heavy atom. The van der Waals surface area contributed by atoms with Crippen LogP contribution in [0.2, 0.25) is 0 Å². The molecule has 0 bridgehead atoms. The lowest BCUT2D eigenvalue weighted by atomic mass is 9.98. The molecule has 1 N–H and O–H groups in total. The molecule has 0 saturated carbocycles. The highest BCUT2D eigenvalue weighted by Crippen LogP contribution is 2.35. The molecular formula is C32H37F2N3O4S. The first-order valence-electron chi connectivity index (χ1n) is 13.9. The molecule has 0 unspecified atom stereocenters. The summed E-state index contributed by atoms with van der Waals surface area (Å²) in [5, 5.41) is 0.850. The second kappa shape index (κ2) is 13.2. The van der Waals surface area contributed by atoms with E-state index in [2.05, 4.69) is 28.1 Å². The third-order valence-electron chi connectivity index (χ3n) is 6.70. The van der Waals surface area contributed by atoms with Gasteiger partial charge in [0.2, 0.25) is 0 Å². The van der Waals surface area contributed by atoms with Crippen molar-refractivity contribution >= 4 is 28.2 Å². The van der Waals surface area contributed by atoms with Gasteiger partial charge >= 0.3 is 5.97 Å². The van der Waals surface area contributed by atoms with Gasteiger partial charge in [-0.25, -0.2) is 8.78 Å². The predicted molar refractivity (Wildman–Crippen MR) is 161 cm³/mol. The zero-order valence-electron chi connectivity index (χ0n) is 24.8. The van der Waals surface area contributed by atoms with Gasteiger partial charge in [-0.2, -0.15) is 0 Å². The Morgan fingerprint density at radius 1 is 1.12 bits per heavy atom. The van der Waals surface area contributed by atoms with E-state index in [0.29, 0.717) is 16.7 Å². The second-order valence-corrected chi connectivity index (χ2v) is 13.3. The minimum Gasteiger partial charge on any atom is -0.598 e. The number of esters is 1. The average molecular weight is 598 g/mol. The van der Waals surface area contributed by atoms with Gasteiger partial charge in [0.1, 0.15) is 22.9 Å². The molecule has 4 rings (SSSR count). The standard InChI is InChI=1S/C32H37F2N3O4S/c1-7-40-30(38)16-22-8-9-23(33)17-29(22)41-19-21-14-26(24-11-13-37(20(2)3)28(24)15-21)25-10-12-35-27(31(25)34)18-36-42(39)32(4,5)6/h8-15,17,20,36H,7,16,18-19H2,1-6H3/t42-/m1/s1. The van der Waals surface area contributed by atoms with Gasteiger partial charge in [0.25, 0.3) is 0 Å². The van der Waals surface area contributed by atoms with Crippen LogP contribution in [0.4, 0.5) is 8.78 Å². The number of hydrogen-bond acceptors (Lipinski definition) is 6. The lowest BCUT2D eigenvalue weighted by molar-refractivity contribution is -0.142. The predicted octanol–water partition coefficient (Wildman–Crippen LogP) is 6.80. The second-order valence-electron chi connectivity index (χ2n) is 11.2. The van der Waals surface area contributed by atoms with Gasteiger partial charge in [0.05, 0.1) is 25.3 Å². The SMILES string of the molecule is CCOC(=O)Cc1ccc(F)cc1OCc1cc(-c2ccnc(CN[S@+]([O-])C(C)(C)C)c2F)c2ccn(C(C)C)c2c1. The summed E-state index contributed by atoms with van der Waals surface area (Å²) in [4.78, 5) is 16.3. The van der Waals surface area contributed by atoms with Crippen molar-refractivity contribution in [3.8, 4) is 16.9 Å². The topological polar surface area (TPSA) is 88.4 Å². The fraction of sp³-hybridized carbons (Fsp3) is 0.375. The third-order valence-corrected chi connectivity index (χ3v) is 8.22. The van der Waals surface area contributed by atoms with Crippen LogP contribution in [0.15, 0.2) is 54.9 Å². The number of fused-ring (bicyclic) bond motifs is 1. The number of rotatable bonds is 11. The molecule has 2 aromatic carbocycles. The maximum absolute atomic E-state index is 15.9. The van der Waals surface area contributed by atoms with E-state index in [1.54, 1.807) is 13.0 Å². The Hall–Kier alpha value is -3.47. The first kappa shape index (κ1) is 31.5. The number of benzene rings is 2. The Bertz CT molecular complexity index is 1570. The van der Waals surface area contributed by atoms with Crippen LogP contribution >= 0.6 is 0 Å².